The molecule has 1 aromatic carbocycles. The lowest BCUT2D eigenvalue weighted by Gasteiger charge is -2.18. The second kappa shape index (κ2) is 6.69. The van der Waals surface area contributed by atoms with Crippen LogP contribution in [0.4, 0.5) is 10.5 Å². The van der Waals surface area contributed by atoms with E-state index in [1.807, 2.05) is 31.2 Å². The minimum atomic E-state index is -0.259. The first-order valence-electron chi connectivity index (χ1n) is 7.72. The van der Waals surface area contributed by atoms with Crippen molar-refractivity contribution in [3.63, 3.8) is 0 Å². The van der Waals surface area contributed by atoms with Gasteiger partial charge in [-0.2, -0.15) is 0 Å². The normalized spacial score (nSPS) is 14.3. The van der Waals surface area contributed by atoms with Gasteiger partial charge in [0.05, 0.1) is 6.54 Å². The van der Waals surface area contributed by atoms with E-state index in [-0.39, 0.29) is 25.0 Å². The van der Waals surface area contributed by atoms with Crippen LogP contribution in [0.25, 0.3) is 0 Å². The number of nitrogens with zero attached hydrogens (tertiary/aromatic N) is 4. The summed E-state index contributed by atoms with van der Waals surface area (Å²) in [5.41, 5.74) is 1.98. The minimum Gasteiger partial charge on any atom is -0.424 e. The quantitative estimate of drug-likeness (QED) is 0.891. The van der Waals surface area contributed by atoms with Gasteiger partial charge in [0.2, 0.25) is 17.7 Å². The van der Waals surface area contributed by atoms with Gasteiger partial charge in [-0.05, 0) is 19.1 Å². The van der Waals surface area contributed by atoms with Crippen LogP contribution in [0.5, 0.6) is 0 Å². The van der Waals surface area contributed by atoms with E-state index in [1.165, 1.54) is 4.90 Å². The van der Waals surface area contributed by atoms with E-state index in [2.05, 4.69) is 15.5 Å². The summed E-state index contributed by atoms with van der Waals surface area (Å²) >= 11 is 0. The van der Waals surface area contributed by atoms with E-state index in [0.29, 0.717) is 24.9 Å². The average Bonchev–Trinajstić information content (AvgIpc) is 3.13. The van der Waals surface area contributed by atoms with Gasteiger partial charge in [0, 0.05) is 25.7 Å². The summed E-state index contributed by atoms with van der Waals surface area (Å²) in [7, 11) is 0. The Morgan fingerprint density at radius 1 is 1.21 bits per heavy atom. The molecule has 0 bridgehead atoms. The molecular weight excluding hydrogens is 310 g/mol. The molecule has 2 heterocycles. The fourth-order valence-corrected chi connectivity index (χ4v) is 2.51. The zero-order chi connectivity index (χ0) is 17.1. The summed E-state index contributed by atoms with van der Waals surface area (Å²) in [6.07, 6.45) is 0. The van der Waals surface area contributed by atoms with Gasteiger partial charge in [-0.3, -0.25) is 9.69 Å². The lowest BCUT2D eigenvalue weighted by molar-refractivity contribution is -0.121. The molecule has 0 aliphatic carbocycles. The summed E-state index contributed by atoms with van der Waals surface area (Å²) in [5, 5.41) is 10.2. The Morgan fingerprint density at radius 2 is 1.96 bits per heavy atom. The number of amides is 3. The predicted octanol–water partition coefficient (Wildman–Crippen LogP) is 1.24. The van der Waals surface area contributed by atoms with Gasteiger partial charge < -0.3 is 14.6 Å². The van der Waals surface area contributed by atoms with Crippen molar-refractivity contribution in [2.75, 3.05) is 24.5 Å². The van der Waals surface area contributed by atoms with Crippen LogP contribution in [-0.4, -0.2) is 46.7 Å². The standard InChI is InChI=1S/C16H19N5O3/c1-11-3-5-13(6-4-11)21-8-7-20(16(21)23)10-14(22)17-9-15-19-18-12(2)24-15/h3-6H,7-10H2,1-2H3,(H,17,22). The lowest BCUT2D eigenvalue weighted by atomic mass is 10.2. The zero-order valence-corrected chi connectivity index (χ0v) is 13.7. The van der Waals surface area contributed by atoms with Crippen molar-refractivity contribution in [2.24, 2.45) is 0 Å². The van der Waals surface area contributed by atoms with Crippen LogP contribution >= 0.6 is 0 Å². The lowest BCUT2D eigenvalue weighted by Crippen LogP contribution is -2.39. The highest BCUT2D eigenvalue weighted by Gasteiger charge is 2.30. The predicted molar refractivity (Wildman–Crippen MR) is 86.4 cm³/mol. The first-order chi connectivity index (χ1) is 11.5. The molecular formula is C16H19N5O3. The molecule has 0 radical (unpaired) electrons. The van der Waals surface area contributed by atoms with Crippen LogP contribution < -0.4 is 10.2 Å². The van der Waals surface area contributed by atoms with Gasteiger partial charge in [0.1, 0.15) is 6.54 Å². The van der Waals surface area contributed by atoms with Gasteiger partial charge in [-0.15, -0.1) is 10.2 Å². The Balaban J connectivity index is 1.53. The molecule has 24 heavy (non-hydrogen) atoms. The van der Waals surface area contributed by atoms with Crippen LogP contribution in [-0.2, 0) is 11.3 Å². The Bertz CT molecular complexity index is 740. The first kappa shape index (κ1) is 16.0. The van der Waals surface area contributed by atoms with Gasteiger partial charge in [0.15, 0.2) is 0 Å². The van der Waals surface area contributed by atoms with Gasteiger partial charge >= 0.3 is 6.03 Å². The molecule has 1 aliphatic rings. The van der Waals surface area contributed by atoms with Crippen LogP contribution in [0, 0.1) is 13.8 Å². The maximum absolute atomic E-state index is 12.4. The highest BCUT2D eigenvalue weighted by Crippen LogP contribution is 2.20. The number of rotatable bonds is 5. The minimum absolute atomic E-state index is 0.00825. The summed E-state index contributed by atoms with van der Waals surface area (Å²) in [6.45, 7) is 4.92. The van der Waals surface area contributed by atoms with Gasteiger partial charge in [0.25, 0.3) is 0 Å². The highest BCUT2D eigenvalue weighted by atomic mass is 16.4. The van der Waals surface area contributed by atoms with Crippen molar-refractivity contribution in [1.29, 1.82) is 0 Å². The fourth-order valence-electron chi connectivity index (χ4n) is 2.51. The Labute approximate surface area is 139 Å². The molecule has 1 fully saturated rings. The molecule has 1 saturated heterocycles. The maximum atomic E-state index is 12.4. The van der Waals surface area contributed by atoms with Crippen LogP contribution in [0.2, 0.25) is 0 Å². The Hall–Kier alpha value is -2.90. The van der Waals surface area contributed by atoms with Crippen LogP contribution in [0.1, 0.15) is 17.3 Å². The molecule has 2 aromatic rings. The molecule has 8 heteroatoms. The smallest absolute Gasteiger partial charge is 0.325 e. The molecule has 8 nitrogen and oxygen atoms in total. The van der Waals surface area contributed by atoms with E-state index in [4.69, 9.17) is 4.42 Å². The number of carbonyl (C=O) groups excluding carboxylic acids is 2. The maximum Gasteiger partial charge on any atom is 0.325 e. The molecule has 0 spiro atoms. The van der Waals surface area contributed by atoms with E-state index in [0.717, 1.165) is 11.3 Å². The third-order valence-corrected chi connectivity index (χ3v) is 3.78. The second-order valence-electron chi connectivity index (χ2n) is 5.68. The number of hydrogen-bond acceptors (Lipinski definition) is 5. The number of benzene rings is 1. The molecule has 1 aromatic heterocycles. The van der Waals surface area contributed by atoms with Crippen LogP contribution in [0.15, 0.2) is 28.7 Å². The zero-order valence-electron chi connectivity index (χ0n) is 13.7. The molecule has 1 N–H and O–H groups in total. The fraction of sp³-hybridized carbons (Fsp3) is 0.375. The molecule has 126 valence electrons. The summed E-state index contributed by atoms with van der Waals surface area (Å²) < 4.78 is 5.18. The first-order valence-corrected chi connectivity index (χ1v) is 7.72. The molecule has 0 saturated carbocycles. The Kier molecular flexibility index (Phi) is 4.45. The number of hydrogen-bond donors (Lipinski definition) is 1. The summed E-state index contributed by atoms with van der Waals surface area (Å²) in [6, 6.07) is 7.58. The van der Waals surface area contributed by atoms with Crippen molar-refractivity contribution in [2.45, 2.75) is 20.4 Å². The average molecular weight is 329 g/mol. The number of aryl methyl sites for hydroxylation is 2. The second-order valence-corrected chi connectivity index (χ2v) is 5.68. The van der Waals surface area contributed by atoms with Gasteiger partial charge in [-0.1, -0.05) is 17.7 Å². The SMILES string of the molecule is Cc1ccc(N2CCN(CC(=O)NCc3nnc(C)o3)C2=O)cc1. The monoisotopic (exact) mass is 329 g/mol. The molecule has 3 amide bonds. The largest absolute Gasteiger partial charge is 0.424 e. The van der Waals surface area contributed by atoms with Gasteiger partial charge in [-0.25, -0.2) is 4.79 Å². The number of urea groups is 1. The summed E-state index contributed by atoms with van der Waals surface area (Å²) in [4.78, 5) is 27.6. The van der Waals surface area contributed by atoms with E-state index in [9.17, 15) is 9.59 Å². The number of carbonyl (C=O) groups is 2. The number of nitrogens with one attached hydrogen (secondary N) is 1. The summed E-state index contributed by atoms with van der Waals surface area (Å²) in [5.74, 6) is 0.530. The number of aromatic nitrogens is 2. The highest BCUT2D eigenvalue weighted by molar-refractivity contribution is 5.96. The van der Waals surface area contributed by atoms with Crippen molar-refractivity contribution in [1.82, 2.24) is 20.4 Å². The van der Waals surface area contributed by atoms with E-state index < -0.39 is 0 Å². The third-order valence-electron chi connectivity index (χ3n) is 3.78. The van der Waals surface area contributed by atoms with E-state index in [1.54, 1.807) is 11.8 Å². The van der Waals surface area contributed by atoms with E-state index >= 15 is 0 Å². The third kappa shape index (κ3) is 3.53. The Morgan fingerprint density at radius 3 is 2.62 bits per heavy atom. The van der Waals surface area contributed by atoms with Crippen molar-refractivity contribution in [3.8, 4) is 0 Å². The molecule has 0 atom stereocenters. The molecule has 0 unspecified atom stereocenters. The van der Waals surface area contributed by atoms with Crippen molar-refractivity contribution < 1.29 is 14.0 Å². The molecule has 1 aliphatic heterocycles. The number of anilines is 1. The molecule has 3 rings (SSSR count). The van der Waals surface area contributed by atoms with Crippen molar-refractivity contribution in [3.05, 3.63) is 41.6 Å². The topological polar surface area (TPSA) is 91.6 Å². The van der Waals surface area contributed by atoms with Crippen molar-refractivity contribution >= 4 is 17.6 Å². The van der Waals surface area contributed by atoms with Crippen LogP contribution in [0.3, 0.4) is 0 Å².